The van der Waals surface area contributed by atoms with Crippen LogP contribution in [0.15, 0.2) is 29.3 Å². The molecule has 0 fully saturated rings. The van der Waals surface area contributed by atoms with Crippen LogP contribution in [0.2, 0.25) is 0 Å². The first-order valence-electron chi connectivity index (χ1n) is 5.07. The lowest BCUT2D eigenvalue weighted by atomic mass is 10.1. The summed E-state index contributed by atoms with van der Waals surface area (Å²) >= 11 is 0. The summed E-state index contributed by atoms with van der Waals surface area (Å²) in [7, 11) is 4.30. The van der Waals surface area contributed by atoms with Crippen molar-refractivity contribution in [1.29, 1.82) is 0 Å². The third-order valence-corrected chi connectivity index (χ3v) is 2.80. The van der Waals surface area contributed by atoms with Crippen LogP contribution < -0.4 is 0 Å². The Morgan fingerprint density at radius 3 is 2.40 bits per heavy atom. The van der Waals surface area contributed by atoms with Crippen molar-refractivity contribution in [2.45, 2.75) is 0 Å². The predicted octanol–water partition coefficient (Wildman–Crippen LogP) is 1.34. The van der Waals surface area contributed by atoms with Crippen LogP contribution in [0.3, 0.4) is 0 Å². The number of rotatable bonds is 2. The zero-order chi connectivity index (χ0) is 10.9. The van der Waals surface area contributed by atoms with Gasteiger partial charge in [0.15, 0.2) is 0 Å². The molecule has 0 amide bonds. The molecule has 1 aromatic rings. The van der Waals surface area contributed by atoms with Crippen LogP contribution in [0.1, 0.15) is 15.9 Å². The minimum absolute atomic E-state index is 0.711. The Balaban J connectivity index is 2.34. The van der Waals surface area contributed by atoms with Crippen LogP contribution in [0.4, 0.5) is 0 Å². The minimum Gasteiger partial charge on any atom is -0.298 e. The summed E-state index contributed by atoms with van der Waals surface area (Å²) in [6, 6.07) is 7.61. The zero-order valence-electron chi connectivity index (χ0n) is 9.10. The van der Waals surface area contributed by atoms with E-state index in [-0.39, 0.29) is 0 Å². The summed E-state index contributed by atoms with van der Waals surface area (Å²) in [6.07, 6.45) is 0.861. The molecule has 0 spiro atoms. The van der Waals surface area contributed by atoms with Crippen LogP contribution >= 0.6 is 0 Å². The topological polar surface area (TPSA) is 29.4 Å². The van der Waals surface area contributed by atoms with Crippen LogP contribution in [-0.2, 0) is 0 Å². The molecule has 3 heteroatoms. The molecule has 1 aliphatic rings. The van der Waals surface area contributed by atoms with Crippen LogP contribution in [0.25, 0.3) is 0 Å². The largest absolute Gasteiger partial charge is 0.298 e. The maximum absolute atomic E-state index is 10.5. The van der Waals surface area contributed by atoms with E-state index in [1.165, 1.54) is 0 Å². The zero-order valence-corrected chi connectivity index (χ0v) is 9.10. The molecule has 0 radical (unpaired) electrons. The molecule has 3 nitrogen and oxygen atoms in total. The van der Waals surface area contributed by atoms with Gasteiger partial charge in [-0.2, -0.15) is 0 Å². The normalized spacial score (nSPS) is 18.7. The van der Waals surface area contributed by atoms with Gasteiger partial charge in [0.1, 0.15) is 12.8 Å². The maximum atomic E-state index is 10.5. The maximum Gasteiger partial charge on any atom is 0.230 e. The molecular formula is C12H15N2O+. The summed E-state index contributed by atoms with van der Waals surface area (Å²) in [5.74, 6) is 1.10. The van der Waals surface area contributed by atoms with Gasteiger partial charge in [-0.1, -0.05) is 12.1 Å². The van der Waals surface area contributed by atoms with Crippen LogP contribution in [0.5, 0.6) is 0 Å². The molecule has 1 aliphatic heterocycles. The third-order valence-electron chi connectivity index (χ3n) is 2.80. The number of hydrogen-bond donors (Lipinski definition) is 0. The number of carbonyl (C=O) groups excluding carboxylic acids is 1. The molecule has 15 heavy (non-hydrogen) atoms. The van der Waals surface area contributed by atoms with Crippen LogP contribution in [-0.4, -0.2) is 43.8 Å². The Bertz CT molecular complexity index is 404. The van der Waals surface area contributed by atoms with Crippen molar-refractivity contribution in [2.24, 2.45) is 4.99 Å². The Hall–Kier alpha value is -1.48. The monoisotopic (exact) mass is 203 g/mol. The highest BCUT2D eigenvalue weighted by atomic mass is 16.1. The molecule has 0 bridgehead atoms. The van der Waals surface area contributed by atoms with Gasteiger partial charge in [0.05, 0.1) is 26.2 Å². The summed E-state index contributed by atoms with van der Waals surface area (Å²) in [4.78, 5) is 15.0. The first-order valence-corrected chi connectivity index (χ1v) is 5.07. The first-order chi connectivity index (χ1) is 7.13. The molecule has 0 atom stereocenters. The fraction of sp³-hybridized carbons (Fsp3) is 0.333. The summed E-state index contributed by atoms with van der Waals surface area (Å²) in [6.45, 7) is 1.93. The number of hydrogen-bond acceptors (Lipinski definition) is 2. The number of nitrogens with zero attached hydrogens (tertiary/aromatic N) is 2. The van der Waals surface area contributed by atoms with E-state index >= 15 is 0 Å². The Morgan fingerprint density at radius 2 is 1.93 bits per heavy atom. The standard InChI is InChI=1S/C12H15N2O/c1-14(2)8-7-13-12(14)11-5-3-10(9-15)4-6-11/h3-6,9H,7-8H2,1-2H3/q+1. The lowest BCUT2D eigenvalue weighted by molar-refractivity contribution is -0.791. The number of aldehydes is 1. The Labute approximate surface area is 89.6 Å². The second-order valence-corrected chi connectivity index (χ2v) is 4.35. The van der Waals surface area contributed by atoms with Gasteiger partial charge in [0.2, 0.25) is 5.84 Å². The van der Waals surface area contributed by atoms with Gasteiger partial charge in [0.25, 0.3) is 0 Å². The number of carbonyl (C=O) groups is 1. The van der Waals surface area contributed by atoms with Gasteiger partial charge in [-0.15, -0.1) is 0 Å². The summed E-state index contributed by atoms with van der Waals surface area (Å²) in [5.41, 5.74) is 1.82. The quantitative estimate of drug-likeness (QED) is 0.527. The lowest BCUT2D eigenvalue weighted by Gasteiger charge is -2.24. The van der Waals surface area contributed by atoms with Gasteiger partial charge < -0.3 is 0 Å². The van der Waals surface area contributed by atoms with Gasteiger partial charge >= 0.3 is 0 Å². The molecule has 78 valence electrons. The first kappa shape index (κ1) is 10.1. The van der Waals surface area contributed by atoms with E-state index < -0.39 is 0 Å². The van der Waals surface area contributed by atoms with Crippen molar-refractivity contribution < 1.29 is 9.28 Å². The molecule has 0 N–H and O–H groups in total. The van der Waals surface area contributed by atoms with Gasteiger partial charge in [-0.05, 0) is 12.1 Å². The number of likely N-dealkylation sites (N-methyl/N-ethyl adjacent to an activating group) is 1. The van der Waals surface area contributed by atoms with Crippen molar-refractivity contribution in [1.82, 2.24) is 0 Å². The van der Waals surface area contributed by atoms with Crippen molar-refractivity contribution in [3.63, 3.8) is 0 Å². The fourth-order valence-electron chi connectivity index (χ4n) is 1.85. The van der Waals surface area contributed by atoms with Gasteiger partial charge in [0, 0.05) is 5.56 Å². The molecule has 0 aromatic heterocycles. The smallest absolute Gasteiger partial charge is 0.230 e. The Kier molecular flexibility index (Phi) is 2.40. The van der Waals surface area contributed by atoms with E-state index in [4.69, 9.17) is 0 Å². The minimum atomic E-state index is 0.711. The fourth-order valence-corrected chi connectivity index (χ4v) is 1.85. The molecule has 0 saturated carbocycles. The molecule has 0 aliphatic carbocycles. The van der Waals surface area contributed by atoms with Crippen molar-refractivity contribution >= 4 is 12.1 Å². The molecular weight excluding hydrogens is 188 g/mol. The molecule has 0 saturated heterocycles. The Morgan fingerprint density at radius 1 is 1.27 bits per heavy atom. The molecule has 0 unspecified atom stereocenters. The number of amidine groups is 1. The molecule has 2 rings (SSSR count). The third kappa shape index (κ3) is 1.83. The highest BCUT2D eigenvalue weighted by Gasteiger charge is 2.29. The predicted molar refractivity (Wildman–Crippen MR) is 60.2 cm³/mol. The molecule has 1 aromatic carbocycles. The van der Waals surface area contributed by atoms with E-state index in [1.807, 2.05) is 24.3 Å². The van der Waals surface area contributed by atoms with E-state index in [0.29, 0.717) is 5.56 Å². The van der Waals surface area contributed by atoms with Gasteiger partial charge in [-0.25, -0.2) is 4.99 Å². The number of aliphatic imine (C=N–C) groups is 1. The second kappa shape index (κ2) is 3.59. The lowest BCUT2D eigenvalue weighted by Crippen LogP contribution is -2.43. The second-order valence-electron chi connectivity index (χ2n) is 4.35. The summed E-state index contributed by atoms with van der Waals surface area (Å²) in [5, 5.41) is 0. The summed E-state index contributed by atoms with van der Waals surface area (Å²) < 4.78 is 0.820. The van der Waals surface area contributed by atoms with Gasteiger partial charge in [-0.3, -0.25) is 9.28 Å². The SMILES string of the molecule is C[N+]1(C)CCN=C1c1ccc(C=O)cc1. The van der Waals surface area contributed by atoms with Crippen molar-refractivity contribution in [3.8, 4) is 0 Å². The van der Waals surface area contributed by atoms with E-state index in [1.54, 1.807) is 0 Å². The highest BCUT2D eigenvalue weighted by Crippen LogP contribution is 2.16. The molecule has 1 heterocycles. The average Bonchev–Trinajstić information content (AvgIpc) is 2.58. The van der Waals surface area contributed by atoms with Crippen molar-refractivity contribution in [2.75, 3.05) is 27.2 Å². The van der Waals surface area contributed by atoms with E-state index in [9.17, 15) is 4.79 Å². The van der Waals surface area contributed by atoms with E-state index in [2.05, 4.69) is 19.1 Å². The number of benzene rings is 1. The highest BCUT2D eigenvalue weighted by molar-refractivity contribution is 5.94. The van der Waals surface area contributed by atoms with Crippen molar-refractivity contribution in [3.05, 3.63) is 35.4 Å². The van der Waals surface area contributed by atoms with E-state index in [0.717, 1.165) is 35.3 Å². The average molecular weight is 203 g/mol. The number of quaternary nitrogens is 1. The van der Waals surface area contributed by atoms with Crippen LogP contribution in [0, 0.1) is 0 Å².